The third-order valence-electron chi connectivity index (χ3n) is 3.82. The molecule has 0 spiro atoms. The molecule has 6 heteroatoms. The number of hydrogen-bond donors (Lipinski definition) is 0. The molecule has 0 unspecified atom stereocenters. The third kappa shape index (κ3) is 16.1. The summed E-state index contributed by atoms with van der Waals surface area (Å²) in [5.41, 5.74) is -2.16. The molecule has 0 amide bonds. The van der Waals surface area contributed by atoms with E-state index in [1.165, 1.54) is 0 Å². The smallest absolute Gasteiger partial charge is 0.412 e. The van der Waals surface area contributed by atoms with Crippen LogP contribution in [-0.4, -0.2) is 77.5 Å². The van der Waals surface area contributed by atoms with Gasteiger partial charge in [0, 0.05) is 10.8 Å². The average Bonchev–Trinajstić information content (AvgIpc) is 2.34. The number of rotatable bonds is 6. The van der Waals surface area contributed by atoms with Gasteiger partial charge >= 0.3 is 48.9 Å². The second kappa shape index (κ2) is 12.8. The summed E-state index contributed by atoms with van der Waals surface area (Å²) in [4.78, 5) is 45.8. The summed E-state index contributed by atoms with van der Waals surface area (Å²) in [6.07, 6.45) is -0.000000000000000444. The van der Waals surface area contributed by atoms with E-state index >= 15 is 0 Å². The molecule has 160 valence electrons. The Balaban J connectivity index is -0.000000192. The SMILES string of the molecule is O.[Ba+2].[CH2-]C(C)(C)C(=O)CC(=O)C(C)(C)C.[CH2-]C(C)(C)C(=O)CC(=O)C(C)(C)C. The number of Topliss-reactive ketones (excluding diaryl/α,β-unsaturated/α-hetero) is 4. The van der Waals surface area contributed by atoms with Gasteiger partial charge in [0.25, 0.3) is 0 Å². The predicted octanol–water partition coefficient (Wildman–Crippen LogP) is 3.64. The van der Waals surface area contributed by atoms with Gasteiger partial charge in [-0.15, -0.1) is 10.8 Å². The molecule has 0 aromatic heterocycles. The Morgan fingerprint density at radius 1 is 0.536 bits per heavy atom. The van der Waals surface area contributed by atoms with Crippen molar-refractivity contribution in [2.24, 2.45) is 21.7 Å². The van der Waals surface area contributed by atoms with Gasteiger partial charge in [-0.25, -0.2) is 0 Å². The van der Waals surface area contributed by atoms with Gasteiger partial charge < -0.3 is 28.9 Å². The van der Waals surface area contributed by atoms with Crippen molar-refractivity contribution in [1.29, 1.82) is 0 Å². The molecule has 0 fully saturated rings. The summed E-state index contributed by atoms with van der Waals surface area (Å²) in [6.45, 7) is 25.2. The molecule has 0 aliphatic heterocycles. The minimum atomic E-state index is -0.652. The van der Waals surface area contributed by atoms with Crippen molar-refractivity contribution in [2.75, 3.05) is 0 Å². The summed E-state index contributed by atoms with van der Waals surface area (Å²) in [6, 6.07) is 0. The topological polar surface area (TPSA) is 99.8 Å². The molecule has 28 heavy (non-hydrogen) atoms. The molecule has 2 N–H and O–H groups in total. The Morgan fingerprint density at radius 3 is 0.821 bits per heavy atom. The fourth-order valence-corrected chi connectivity index (χ4v) is 1.30. The van der Waals surface area contributed by atoms with Crippen molar-refractivity contribution >= 4 is 72.0 Å². The zero-order valence-corrected chi connectivity index (χ0v) is 24.1. The minimum Gasteiger partial charge on any atom is -0.412 e. The van der Waals surface area contributed by atoms with E-state index in [0.29, 0.717) is 0 Å². The van der Waals surface area contributed by atoms with Crippen molar-refractivity contribution in [1.82, 2.24) is 0 Å². The van der Waals surface area contributed by atoms with Gasteiger partial charge in [0.15, 0.2) is 0 Å². The van der Waals surface area contributed by atoms with E-state index in [1.807, 2.05) is 41.5 Å². The van der Waals surface area contributed by atoms with Crippen molar-refractivity contribution in [2.45, 2.75) is 82.1 Å². The van der Waals surface area contributed by atoms with E-state index in [9.17, 15) is 19.2 Å². The Hall–Kier alpha value is 0.211. The van der Waals surface area contributed by atoms with E-state index in [1.54, 1.807) is 27.7 Å². The van der Waals surface area contributed by atoms with Gasteiger partial charge in [0.05, 0.1) is 12.8 Å². The zero-order valence-electron chi connectivity index (χ0n) is 19.7. The molecule has 0 radical (unpaired) electrons. The molecule has 0 aromatic rings. The maximum Gasteiger partial charge on any atom is 2.00 e. The first-order valence-electron chi connectivity index (χ1n) is 8.94. The Labute approximate surface area is 212 Å². The average molecular weight is 522 g/mol. The van der Waals surface area contributed by atoms with Crippen LogP contribution in [0.25, 0.3) is 0 Å². The van der Waals surface area contributed by atoms with E-state index in [-0.39, 0.29) is 90.3 Å². The third-order valence-corrected chi connectivity index (χ3v) is 3.82. The van der Waals surface area contributed by atoms with Gasteiger partial charge in [-0.2, -0.15) is 0 Å². The molecule has 0 heterocycles. The van der Waals surface area contributed by atoms with Gasteiger partial charge in [-0.1, -0.05) is 69.2 Å². The monoisotopic (exact) mass is 522 g/mol. The van der Waals surface area contributed by atoms with Crippen LogP contribution in [-0.2, 0) is 19.2 Å². The van der Waals surface area contributed by atoms with Crippen LogP contribution in [0.5, 0.6) is 0 Å². The molecule has 0 saturated carbocycles. The van der Waals surface area contributed by atoms with Crippen LogP contribution in [0.1, 0.15) is 82.1 Å². The van der Waals surface area contributed by atoms with Crippen LogP contribution in [0, 0.1) is 35.5 Å². The second-order valence-corrected chi connectivity index (χ2v) is 10.3. The second-order valence-electron chi connectivity index (χ2n) is 10.3. The predicted molar refractivity (Wildman–Crippen MR) is 116 cm³/mol. The fourth-order valence-electron chi connectivity index (χ4n) is 1.30. The van der Waals surface area contributed by atoms with Crippen LogP contribution in [0.3, 0.4) is 0 Å². The maximum absolute atomic E-state index is 11.5. The van der Waals surface area contributed by atoms with Crippen LogP contribution in [0.15, 0.2) is 0 Å². The molecule has 0 bridgehead atoms. The standard InChI is InChI=1S/2C11H19O2.Ba.H2O/c2*1-10(2,3)8(12)7-9(13)11(4,5)6;;/h2*1,7H2,2-6H3;;1H2/q2*-1;+2;. The molecule has 5 nitrogen and oxygen atoms in total. The van der Waals surface area contributed by atoms with E-state index < -0.39 is 21.7 Å². The Kier molecular flexibility index (Phi) is 16.3. The summed E-state index contributed by atoms with van der Waals surface area (Å²) >= 11 is 0. The number of ketones is 4. The number of carbonyl (C=O) groups is 4. The van der Waals surface area contributed by atoms with Crippen LogP contribution in [0.4, 0.5) is 0 Å². The molecular weight excluding hydrogens is 482 g/mol. The minimum absolute atomic E-state index is 0. The van der Waals surface area contributed by atoms with E-state index in [4.69, 9.17) is 0 Å². The van der Waals surface area contributed by atoms with Crippen molar-refractivity contribution in [3.05, 3.63) is 13.8 Å². The van der Waals surface area contributed by atoms with Crippen molar-refractivity contribution in [3.63, 3.8) is 0 Å². The summed E-state index contributed by atoms with van der Waals surface area (Å²) in [5, 5.41) is 0. The molecule has 0 atom stereocenters. The summed E-state index contributed by atoms with van der Waals surface area (Å²) < 4.78 is 0. The first-order chi connectivity index (χ1) is 11.1. The maximum atomic E-state index is 11.5. The summed E-state index contributed by atoms with van der Waals surface area (Å²) in [5.74, 6) is -0.219. The zero-order chi connectivity index (χ0) is 21.7. The molecule has 0 saturated heterocycles. The van der Waals surface area contributed by atoms with Crippen molar-refractivity contribution < 1.29 is 24.7 Å². The van der Waals surface area contributed by atoms with Gasteiger partial charge in [0.2, 0.25) is 0 Å². The quantitative estimate of drug-likeness (QED) is 0.303. The Bertz CT molecular complexity index is 437. The number of hydrogen-bond acceptors (Lipinski definition) is 4. The normalized spacial score (nSPS) is 11.9. The van der Waals surface area contributed by atoms with Crippen LogP contribution < -0.4 is 0 Å². The van der Waals surface area contributed by atoms with Crippen molar-refractivity contribution in [3.8, 4) is 0 Å². The largest absolute Gasteiger partial charge is 2.00 e. The molecule has 0 aromatic carbocycles. The molecule has 0 rings (SSSR count). The van der Waals surface area contributed by atoms with Gasteiger partial charge in [-0.05, 0) is 0 Å². The first-order valence-corrected chi connectivity index (χ1v) is 8.94. The van der Waals surface area contributed by atoms with E-state index in [0.717, 1.165) is 0 Å². The first kappa shape index (κ1) is 35.6. The molecule has 0 aliphatic rings. The van der Waals surface area contributed by atoms with E-state index in [2.05, 4.69) is 13.8 Å². The summed E-state index contributed by atoms with van der Waals surface area (Å²) in [7, 11) is 0. The molecule has 0 aliphatic carbocycles. The molecular formula is C22H40BaO5. The van der Waals surface area contributed by atoms with Gasteiger partial charge in [-0.3, -0.25) is 9.59 Å². The van der Waals surface area contributed by atoms with Crippen LogP contribution in [0.2, 0.25) is 0 Å². The van der Waals surface area contributed by atoms with Gasteiger partial charge in [0.1, 0.15) is 23.1 Å². The fraction of sp³-hybridized carbons (Fsp3) is 0.727. The number of carbonyl (C=O) groups excluding carboxylic acids is 4. The Morgan fingerprint density at radius 2 is 0.714 bits per heavy atom. The van der Waals surface area contributed by atoms with Crippen LogP contribution >= 0.6 is 0 Å².